The molecule has 0 aliphatic rings. The SMILES string of the molecule is C=CCn1c(SCC(=O)Nc2ccc([N+](=O)[O-])cc2C)nnc1[C@H](NC(=O)c1ccccc1)C(C)C. The summed E-state index contributed by atoms with van der Waals surface area (Å²) in [5.41, 5.74) is 1.60. The van der Waals surface area contributed by atoms with Crippen LogP contribution in [0.1, 0.15) is 41.6 Å². The monoisotopic (exact) mass is 508 g/mol. The van der Waals surface area contributed by atoms with Gasteiger partial charge in [0.15, 0.2) is 11.0 Å². The zero-order valence-electron chi connectivity index (χ0n) is 20.3. The molecule has 0 radical (unpaired) electrons. The number of aryl methyl sites for hydroxylation is 1. The van der Waals surface area contributed by atoms with Crippen LogP contribution in [0.4, 0.5) is 11.4 Å². The standard InChI is InChI=1S/C25H28N6O4S/c1-5-13-30-23(22(16(2)3)27-24(33)18-9-7-6-8-10-18)28-29-25(30)36-15-21(32)26-20-12-11-19(31(34)35)14-17(20)4/h5-12,14,16,22H,1,13,15H2,2-4H3,(H,26,32)(H,27,33)/t22-/m1/s1. The first kappa shape index (κ1) is 26.6. The van der Waals surface area contributed by atoms with Crippen molar-refractivity contribution in [2.24, 2.45) is 5.92 Å². The number of rotatable bonds is 11. The van der Waals surface area contributed by atoms with Gasteiger partial charge in [-0.15, -0.1) is 16.8 Å². The zero-order chi connectivity index (χ0) is 26.2. The van der Waals surface area contributed by atoms with E-state index in [0.29, 0.717) is 34.3 Å². The van der Waals surface area contributed by atoms with Gasteiger partial charge in [-0.05, 0) is 36.6 Å². The lowest BCUT2D eigenvalue weighted by Gasteiger charge is -2.22. The number of carbonyl (C=O) groups is 2. The molecule has 188 valence electrons. The lowest BCUT2D eigenvalue weighted by molar-refractivity contribution is -0.384. The second-order valence-corrected chi connectivity index (χ2v) is 9.34. The van der Waals surface area contributed by atoms with Crippen molar-refractivity contribution in [2.75, 3.05) is 11.1 Å². The Morgan fingerprint density at radius 2 is 1.92 bits per heavy atom. The number of benzene rings is 2. The Morgan fingerprint density at radius 1 is 1.19 bits per heavy atom. The van der Waals surface area contributed by atoms with E-state index in [0.717, 1.165) is 0 Å². The predicted molar refractivity (Wildman–Crippen MR) is 139 cm³/mol. The Labute approximate surface area is 213 Å². The molecule has 0 bridgehead atoms. The number of nitro benzene ring substituents is 1. The number of hydrogen-bond donors (Lipinski definition) is 2. The van der Waals surface area contributed by atoms with E-state index in [-0.39, 0.29) is 29.2 Å². The third-order valence-electron chi connectivity index (χ3n) is 5.35. The first-order chi connectivity index (χ1) is 17.2. The highest BCUT2D eigenvalue weighted by Gasteiger charge is 2.26. The molecule has 3 rings (SSSR count). The van der Waals surface area contributed by atoms with E-state index in [4.69, 9.17) is 0 Å². The molecule has 0 saturated carbocycles. The first-order valence-corrected chi connectivity index (χ1v) is 12.3. The highest BCUT2D eigenvalue weighted by Crippen LogP contribution is 2.26. The second kappa shape index (κ2) is 12.1. The van der Waals surface area contributed by atoms with Crippen molar-refractivity contribution in [2.45, 2.75) is 38.5 Å². The van der Waals surface area contributed by atoms with Gasteiger partial charge in [-0.25, -0.2) is 0 Å². The van der Waals surface area contributed by atoms with Gasteiger partial charge in [-0.1, -0.05) is 49.9 Å². The summed E-state index contributed by atoms with van der Waals surface area (Å²) >= 11 is 1.20. The molecule has 0 saturated heterocycles. The molecule has 1 atom stereocenters. The zero-order valence-corrected chi connectivity index (χ0v) is 21.1. The second-order valence-electron chi connectivity index (χ2n) is 8.39. The molecular weight excluding hydrogens is 480 g/mol. The number of hydrogen-bond acceptors (Lipinski definition) is 7. The molecule has 0 spiro atoms. The summed E-state index contributed by atoms with van der Waals surface area (Å²) in [6.45, 7) is 9.87. The predicted octanol–water partition coefficient (Wildman–Crippen LogP) is 4.54. The fourth-order valence-corrected chi connectivity index (χ4v) is 4.25. The van der Waals surface area contributed by atoms with Crippen LogP contribution in [0.5, 0.6) is 0 Å². The number of anilines is 1. The number of thioether (sulfide) groups is 1. The van der Waals surface area contributed by atoms with Crippen LogP contribution in [-0.4, -0.2) is 37.3 Å². The molecule has 0 fully saturated rings. The van der Waals surface area contributed by atoms with Gasteiger partial charge in [0, 0.05) is 29.9 Å². The Morgan fingerprint density at radius 3 is 2.53 bits per heavy atom. The van der Waals surface area contributed by atoms with Crippen LogP contribution in [0.2, 0.25) is 0 Å². The summed E-state index contributed by atoms with van der Waals surface area (Å²) in [6, 6.07) is 12.8. The van der Waals surface area contributed by atoms with Crippen molar-refractivity contribution < 1.29 is 14.5 Å². The van der Waals surface area contributed by atoms with E-state index in [1.807, 2.05) is 24.5 Å². The number of nitrogens with zero attached hydrogens (tertiary/aromatic N) is 4. The molecular formula is C25H28N6O4S. The molecule has 2 aromatic carbocycles. The van der Waals surface area contributed by atoms with E-state index < -0.39 is 11.0 Å². The third-order valence-corrected chi connectivity index (χ3v) is 6.32. The maximum atomic E-state index is 12.8. The molecule has 0 aliphatic carbocycles. The molecule has 11 heteroatoms. The van der Waals surface area contributed by atoms with Crippen molar-refractivity contribution in [3.8, 4) is 0 Å². The van der Waals surface area contributed by atoms with Crippen molar-refractivity contribution >= 4 is 35.0 Å². The van der Waals surface area contributed by atoms with Gasteiger partial charge < -0.3 is 15.2 Å². The molecule has 2 N–H and O–H groups in total. The highest BCUT2D eigenvalue weighted by molar-refractivity contribution is 7.99. The Balaban J connectivity index is 1.73. The van der Waals surface area contributed by atoms with Crippen LogP contribution < -0.4 is 10.6 Å². The van der Waals surface area contributed by atoms with Crippen LogP contribution >= 0.6 is 11.8 Å². The molecule has 10 nitrogen and oxygen atoms in total. The minimum absolute atomic E-state index is 0.0247. The van der Waals surface area contributed by atoms with E-state index >= 15 is 0 Å². The van der Waals surface area contributed by atoms with Crippen LogP contribution in [0.3, 0.4) is 0 Å². The van der Waals surface area contributed by atoms with Gasteiger partial charge in [0.2, 0.25) is 5.91 Å². The number of nitro groups is 1. The average molecular weight is 509 g/mol. The topological polar surface area (TPSA) is 132 Å². The smallest absolute Gasteiger partial charge is 0.269 e. The number of amides is 2. The summed E-state index contributed by atoms with van der Waals surface area (Å²) in [4.78, 5) is 35.8. The maximum absolute atomic E-state index is 12.8. The quantitative estimate of drug-likeness (QED) is 0.168. The Hall–Kier alpha value is -3.99. The molecule has 2 amide bonds. The third kappa shape index (κ3) is 6.57. The van der Waals surface area contributed by atoms with E-state index in [2.05, 4.69) is 27.4 Å². The molecule has 3 aromatic rings. The fourth-order valence-electron chi connectivity index (χ4n) is 3.50. The van der Waals surface area contributed by atoms with E-state index in [1.54, 1.807) is 37.3 Å². The Kier molecular flexibility index (Phi) is 8.96. The number of aromatic nitrogens is 3. The molecule has 1 heterocycles. The van der Waals surface area contributed by atoms with Gasteiger partial charge in [0.05, 0.1) is 16.7 Å². The molecule has 1 aromatic heterocycles. The highest BCUT2D eigenvalue weighted by atomic mass is 32.2. The van der Waals surface area contributed by atoms with Gasteiger partial charge in [-0.2, -0.15) is 0 Å². The number of non-ortho nitro benzene ring substituents is 1. The van der Waals surface area contributed by atoms with Gasteiger partial charge in [-0.3, -0.25) is 19.7 Å². The van der Waals surface area contributed by atoms with E-state index in [9.17, 15) is 19.7 Å². The summed E-state index contributed by atoms with van der Waals surface area (Å²) in [5.74, 6) is 0.146. The van der Waals surface area contributed by atoms with Crippen LogP contribution in [0.25, 0.3) is 0 Å². The van der Waals surface area contributed by atoms with Crippen molar-refractivity contribution in [3.05, 3.63) is 88.3 Å². The summed E-state index contributed by atoms with van der Waals surface area (Å²) in [6.07, 6.45) is 1.70. The van der Waals surface area contributed by atoms with Crippen molar-refractivity contribution in [1.82, 2.24) is 20.1 Å². The number of allylic oxidation sites excluding steroid dienone is 1. The minimum atomic E-state index is -0.481. The Bertz CT molecular complexity index is 1260. The van der Waals surface area contributed by atoms with E-state index in [1.165, 1.54) is 30.0 Å². The maximum Gasteiger partial charge on any atom is 0.269 e. The lowest BCUT2D eigenvalue weighted by Crippen LogP contribution is -2.33. The van der Waals surface area contributed by atoms with Crippen LogP contribution in [0, 0.1) is 23.0 Å². The normalized spacial score (nSPS) is 11.7. The minimum Gasteiger partial charge on any atom is -0.342 e. The lowest BCUT2D eigenvalue weighted by atomic mass is 10.0. The average Bonchev–Trinajstić information content (AvgIpc) is 3.24. The number of carbonyl (C=O) groups excluding carboxylic acids is 2. The van der Waals surface area contributed by atoms with Gasteiger partial charge >= 0.3 is 0 Å². The first-order valence-electron chi connectivity index (χ1n) is 11.3. The molecule has 0 aliphatic heterocycles. The van der Waals surface area contributed by atoms with Gasteiger partial charge in [0.1, 0.15) is 0 Å². The van der Waals surface area contributed by atoms with Gasteiger partial charge in [0.25, 0.3) is 11.6 Å². The van der Waals surface area contributed by atoms with Crippen molar-refractivity contribution in [3.63, 3.8) is 0 Å². The summed E-state index contributed by atoms with van der Waals surface area (Å²) in [5, 5.41) is 25.9. The number of nitrogens with one attached hydrogen (secondary N) is 2. The summed E-state index contributed by atoms with van der Waals surface area (Å²) in [7, 11) is 0. The molecule has 36 heavy (non-hydrogen) atoms. The van der Waals surface area contributed by atoms with Crippen molar-refractivity contribution in [1.29, 1.82) is 0 Å². The van der Waals surface area contributed by atoms with Crippen LogP contribution in [0.15, 0.2) is 66.3 Å². The molecule has 0 unspecified atom stereocenters. The summed E-state index contributed by atoms with van der Waals surface area (Å²) < 4.78 is 1.83. The van der Waals surface area contributed by atoms with Crippen LogP contribution in [-0.2, 0) is 11.3 Å². The fraction of sp³-hybridized carbons (Fsp3) is 0.280. The largest absolute Gasteiger partial charge is 0.342 e.